The van der Waals surface area contributed by atoms with E-state index in [1.165, 1.54) is 0 Å². The predicted molar refractivity (Wildman–Crippen MR) is 93.9 cm³/mol. The van der Waals surface area contributed by atoms with Gasteiger partial charge < -0.3 is 19.8 Å². The van der Waals surface area contributed by atoms with Crippen LogP contribution in [0.15, 0.2) is 42.6 Å². The molecule has 2 heterocycles. The molecule has 7 heteroatoms. The molecule has 1 saturated heterocycles. The maximum absolute atomic E-state index is 12.8. The van der Waals surface area contributed by atoms with Gasteiger partial charge in [-0.05, 0) is 30.3 Å². The van der Waals surface area contributed by atoms with Gasteiger partial charge in [0.25, 0.3) is 5.91 Å². The Kier molecular flexibility index (Phi) is 4.90. The van der Waals surface area contributed by atoms with Crippen LogP contribution in [0.3, 0.4) is 0 Å². The summed E-state index contributed by atoms with van der Waals surface area (Å²) in [7, 11) is 1.56. The first-order valence-electron chi connectivity index (χ1n) is 8.29. The van der Waals surface area contributed by atoms with Crippen LogP contribution in [-0.4, -0.2) is 57.8 Å². The van der Waals surface area contributed by atoms with E-state index in [0.29, 0.717) is 22.6 Å². The minimum atomic E-state index is -1.75. The maximum atomic E-state index is 12.8. The number of aliphatic carboxylic acids is 1. The Labute approximate surface area is 150 Å². The van der Waals surface area contributed by atoms with E-state index in [1.807, 2.05) is 18.2 Å². The lowest BCUT2D eigenvalue weighted by Crippen LogP contribution is -2.50. The van der Waals surface area contributed by atoms with Gasteiger partial charge in [-0.1, -0.05) is 6.07 Å². The molecule has 1 aliphatic rings. The molecule has 3 rings (SSSR count). The quantitative estimate of drug-likeness (QED) is 0.867. The van der Waals surface area contributed by atoms with E-state index in [2.05, 4.69) is 4.98 Å². The number of likely N-dealkylation sites (tertiary alicyclic amines) is 1. The molecule has 1 fully saturated rings. The summed E-state index contributed by atoms with van der Waals surface area (Å²) in [4.78, 5) is 29.8. The average molecular weight is 356 g/mol. The largest absolute Gasteiger partial charge is 0.496 e. The van der Waals surface area contributed by atoms with Crippen molar-refractivity contribution in [2.75, 3.05) is 20.2 Å². The number of carboxylic acids is 1. The van der Waals surface area contributed by atoms with Crippen molar-refractivity contribution in [2.24, 2.45) is 0 Å². The standard InChI is InChI=1S/C19H20N2O5/c1-26-16-6-5-13(12-14(16)15-4-2-3-9-20-15)17(22)21-10-7-19(25,8-11-21)18(23)24/h2-6,9,12,25H,7-8,10-11H2,1H3,(H,23,24). The minimum Gasteiger partial charge on any atom is -0.496 e. The number of piperidine rings is 1. The van der Waals surface area contributed by atoms with E-state index < -0.39 is 11.6 Å². The van der Waals surface area contributed by atoms with E-state index in [1.54, 1.807) is 36.4 Å². The lowest BCUT2D eigenvalue weighted by Gasteiger charge is -2.35. The van der Waals surface area contributed by atoms with Crippen LogP contribution in [-0.2, 0) is 4.79 Å². The summed E-state index contributed by atoms with van der Waals surface area (Å²) in [5, 5.41) is 19.1. The van der Waals surface area contributed by atoms with Crippen LogP contribution < -0.4 is 4.74 Å². The Morgan fingerprint density at radius 3 is 2.50 bits per heavy atom. The van der Waals surface area contributed by atoms with Crippen molar-refractivity contribution in [1.29, 1.82) is 0 Å². The number of ether oxygens (including phenoxy) is 1. The molecular weight excluding hydrogens is 336 g/mol. The number of benzene rings is 1. The number of hydrogen-bond donors (Lipinski definition) is 2. The summed E-state index contributed by atoms with van der Waals surface area (Å²) in [6.45, 7) is 0.374. The third-order valence-electron chi connectivity index (χ3n) is 4.66. The van der Waals surface area contributed by atoms with Crippen LogP contribution in [0.2, 0.25) is 0 Å². The van der Waals surface area contributed by atoms with Crippen molar-refractivity contribution in [2.45, 2.75) is 18.4 Å². The number of carboxylic acid groups (broad SMARTS) is 1. The number of rotatable bonds is 4. The van der Waals surface area contributed by atoms with Gasteiger partial charge in [-0.15, -0.1) is 0 Å². The first kappa shape index (κ1) is 17.9. The number of carbonyl (C=O) groups is 2. The summed E-state index contributed by atoms with van der Waals surface area (Å²) in [6.07, 6.45) is 1.69. The van der Waals surface area contributed by atoms with Crippen LogP contribution in [0.4, 0.5) is 0 Å². The molecule has 2 N–H and O–H groups in total. The Morgan fingerprint density at radius 1 is 1.19 bits per heavy atom. The van der Waals surface area contributed by atoms with Gasteiger partial charge in [-0.3, -0.25) is 9.78 Å². The molecule has 0 unspecified atom stereocenters. The van der Waals surface area contributed by atoms with Crippen molar-refractivity contribution in [3.63, 3.8) is 0 Å². The second-order valence-corrected chi connectivity index (χ2v) is 6.26. The number of nitrogens with zero attached hydrogens (tertiary/aromatic N) is 2. The molecule has 7 nitrogen and oxygen atoms in total. The molecule has 0 atom stereocenters. The summed E-state index contributed by atoms with van der Waals surface area (Å²) in [6, 6.07) is 10.6. The maximum Gasteiger partial charge on any atom is 0.335 e. The van der Waals surface area contributed by atoms with Gasteiger partial charge >= 0.3 is 5.97 Å². The lowest BCUT2D eigenvalue weighted by atomic mass is 9.91. The van der Waals surface area contributed by atoms with Crippen LogP contribution in [0.1, 0.15) is 23.2 Å². The zero-order chi connectivity index (χ0) is 18.7. The van der Waals surface area contributed by atoms with Crippen LogP contribution in [0, 0.1) is 0 Å². The van der Waals surface area contributed by atoms with Gasteiger partial charge in [0, 0.05) is 43.3 Å². The monoisotopic (exact) mass is 356 g/mol. The second-order valence-electron chi connectivity index (χ2n) is 6.26. The number of methoxy groups -OCH3 is 1. The third-order valence-corrected chi connectivity index (χ3v) is 4.66. The molecule has 1 aliphatic heterocycles. The van der Waals surface area contributed by atoms with Crippen LogP contribution in [0.25, 0.3) is 11.3 Å². The Bertz CT molecular complexity index is 814. The molecule has 0 saturated carbocycles. The van der Waals surface area contributed by atoms with Gasteiger partial charge in [0.1, 0.15) is 5.75 Å². The average Bonchev–Trinajstić information content (AvgIpc) is 2.68. The van der Waals surface area contributed by atoms with E-state index in [-0.39, 0.29) is 31.8 Å². The molecule has 26 heavy (non-hydrogen) atoms. The molecule has 0 spiro atoms. The molecule has 0 bridgehead atoms. The van der Waals surface area contributed by atoms with Gasteiger partial charge in [0.15, 0.2) is 5.60 Å². The highest BCUT2D eigenvalue weighted by atomic mass is 16.5. The fourth-order valence-electron chi connectivity index (χ4n) is 3.04. The molecule has 2 aromatic rings. The molecule has 1 aromatic heterocycles. The molecular formula is C19H20N2O5. The smallest absolute Gasteiger partial charge is 0.335 e. The third kappa shape index (κ3) is 3.39. The Morgan fingerprint density at radius 2 is 1.92 bits per heavy atom. The van der Waals surface area contributed by atoms with Gasteiger partial charge in [0.05, 0.1) is 12.8 Å². The lowest BCUT2D eigenvalue weighted by molar-refractivity contribution is -0.162. The minimum absolute atomic E-state index is 0.0112. The zero-order valence-electron chi connectivity index (χ0n) is 14.4. The van der Waals surface area contributed by atoms with Gasteiger partial charge in [-0.25, -0.2) is 4.79 Å². The van der Waals surface area contributed by atoms with Crippen molar-refractivity contribution < 1.29 is 24.5 Å². The van der Waals surface area contributed by atoms with E-state index in [0.717, 1.165) is 0 Å². The van der Waals surface area contributed by atoms with E-state index in [4.69, 9.17) is 9.84 Å². The summed E-state index contributed by atoms with van der Waals surface area (Å²) in [5.41, 5.74) is 0.110. The summed E-state index contributed by atoms with van der Waals surface area (Å²) >= 11 is 0. The number of carbonyl (C=O) groups excluding carboxylic acids is 1. The molecule has 0 radical (unpaired) electrons. The highest BCUT2D eigenvalue weighted by molar-refractivity contribution is 5.96. The van der Waals surface area contributed by atoms with E-state index >= 15 is 0 Å². The van der Waals surface area contributed by atoms with Crippen molar-refractivity contribution in [3.8, 4) is 17.0 Å². The Hall–Kier alpha value is -2.93. The number of hydrogen-bond acceptors (Lipinski definition) is 5. The highest BCUT2D eigenvalue weighted by Gasteiger charge is 2.40. The number of aliphatic hydroxyl groups is 1. The van der Waals surface area contributed by atoms with Crippen LogP contribution in [0.5, 0.6) is 5.75 Å². The van der Waals surface area contributed by atoms with Crippen molar-refractivity contribution in [3.05, 3.63) is 48.2 Å². The SMILES string of the molecule is COc1ccc(C(=O)N2CCC(O)(C(=O)O)CC2)cc1-c1ccccn1. The number of pyridine rings is 1. The van der Waals surface area contributed by atoms with Crippen molar-refractivity contribution in [1.82, 2.24) is 9.88 Å². The summed E-state index contributed by atoms with van der Waals surface area (Å²) in [5.74, 6) is -0.845. The molecule has 0 aliphatic carbocycles. The Balaban J connectivity index is 1.84. The second kappa shape index (κ2) is 7.13. The number of amides is 1. The first-order chi connectivity index (χ1) is 12.4. The fraction of sp³-hybridized carbons (Fsp3) is 0.316. The summed E-state index contributed by atoms with van der Waals surface area (Å²) < 4.78 is 5.37. The molecule has 136 valence electrons. The number of aromatic nitrogens is 1. The predicted octanol–water partition coefficient (Wildman–Crippen LogP) is 1.81. The molecule has 1 aromatic carbocycles. The molecule has 1 amide bonds. The van der Waals surface area contributed by atoms with E-state index in [9.17, 15) is 14.7 Å². The van der Waals surface area contributed by atoms with Crippen molar-refractivity contribution >= 4 is 11.9 Å². The van der Waals surface area contributed by atoms with Crippen LogP contribution >= 0.6 is 0 Å². The zero-order valence-corrected chi connectivity index (χ0v) is 14.4. The van der Waals surface area contributed by atoms with Gasteiger partial charge in [-0.2, -0.15) is 0 Å². The topological polar surface area (TPSA) is 100.0 Å². The fourth-order valence-corrected chi connectivity index (χ4v) is 3.04. The first-order valence-corrected chi connectivity index (χ1v) is 8.29. The highest BCUT2D eigenvalue weighted by Crippen LogP contribution is 2.30. The van der Waals surface area contributed by atoms with Gasteiger partial charge in [0.2, 0.25) is 0 Å². The normalized spacial score (nSPS) is 16.2.